The highest BCUT2D eigenvalue weighted by Gasteiger charge is 2.16. The first-order chi connectivity index (χ1) is 12.7. The Hall–Kier alpha value is -3.70. The molecule has 4 aromatic rings. The van der Waals surface area contributed by atoms with Gasteiger partial charge < -0.3 is 8.94 Å². The molecule has 3 heterocycles. The van der Waals surface area contributed by atoms with Crippen molar-refractivity contribution in [3.8, 4) is 28.8 Å². The number of rotatable bonds is 4. The third-order valence-electron chi connectivity index (χ3n) is 3.54. The van der Waals surface area contributed by atoms with Crippen molar-refractivity contribution in [3.63, 3.8) is 0 Å². The average molecular weight is 362 g/mol. The van der Waals surface area contributed by atoms with Gasteiger partial charge in [0.15, 0.2) is 16.6 Å². The molecule has 3 aromatic heterocycles. The zero-order chi connectivity index (χ0) is 17.9. The number of nitrogens with one attached hydrogen (secondary N) is 1. The third-order valence-corrected chi connectivity index (χ3v) is 4.30. The van der Waals surface area contributed by atoms with E-state index in [1.165, 1.54) is 23.7 Å². The van der Waals surface area contributed by atoms with Crippen LogP contribution in [0.5, 0.6) is 0 Å². The van der Waals surface area contributed by atoms with Crippen molar-refractivity contribution < 1.29 is 13.7 Å². The molecule has 26 heavy (non-hydrogen) atoms. The van der Waals surface area contributed by atoms with Gasteiger partial charge in [0.05, 0.1) is 23.6 Å². The van der Waals surface area contributed by atoms with Gasteiger partial charge in [0.1, 0.15) is 0 Å². The summed E-state index contributed by atoms with van der Waals surface area (Å²) in [6.45, 7) is 0. The van der Waals surface area contributed by atoms with Gasteiger partial charge in [0, 0.05) is 17.0 Å². The maximum Gasteiger partial charge on any atom is 0.279 e. The van der Waals surface area contributed by atoms with Gasteiger partial charge in [-0.2, -0.15) is 5.26 Å². The number of thiazole rings is 1. The van der Waals surface area contributed by atoms with Crippen molar-refractivity contribution >= 4 is 22.4 Å². The molecular weight excluding hydrogens is 352 g/mol. The summed E-state index contributed by atoms with van der Waals surface area (Å²) >= 11 is 1.30. The number of nitrogens with zero attached hydrogens (tertiary/aromatic N) is 3. The first-order valence-corrected chi connectivity index (χ1v) is 8.39. The van der Waals surface area contributed by atoms with Crippen LogP contribution in [0, 0.1) is 11.3 Å². The number of benzene rings is 1. The van der Waals surface area contributed by atoms with E-state index >= 15 is 0 Å². The van der Waals surface area contributed by atoms with Gasteiger partial charge in [-0.1, -0.05) is 17.3 Å². The second-order valence-corrected chi connectivity index (χ2v) is 6.09. The molecule has 7 nitrogen and oxygen atoms in total. The van der Waals surface area contributed by atoms with Crippen molar-refractivity contribution in [2.24, 2.45) is 0 Å². The normalized spacial score (nSPS) is 10.4. The summed E-state index contributed by atoms with van der Waals surface area (Å²) in [5.74, 6) is 0.443. The standard InChI is InChI=1S/C18H10N4O3S/c19-9-11-3-5-12(6-4-11)14-10-26-18(20-14)21-17(23)13-8-16(25-22-13)15-2-1-7-24-15/h1-8,10H,(H,20,21,23). The Morgan fingerprint density at radius 2 is 2.04 bits per heavy atom. The number of furan rings is 1. The molecule has 4 rings (SSSR count). The van der Waals surface area contributed by atoms with Crippen molar-refractivity contribution in [2.75, 3.05) is 5.32 Å². The fraction of sp³-hybridized carbons (Fsp3) is 0. The predicted octanol–water partition coefficient (Wildman–Crippen LogP) is 4.18. The molecule has 0 aliphatic heterocycles. The van der Waals surface area contributed by atoms with Gasteiger partial charge in [0.2, 0.25) is 5.76 Å². The summed E-state index contributed by atoms with van der Waals surface area (Å²) < 4.78 is 10.3. The molecule has 1 N–H and O–H groups in total. The molecule has 0 atom stereocenters. The SMILES string of the molecule is N#Cc1ccc(-c2csc(NC(=O)c3cc(-c4ccco4)on3)n2)cc1. The zero-order valence-corrected chi connectivity index (χ0v) is 14.0. The second-order valence-electron chi connectivity index (χ2n) is 5.23. The summed E-state index contributed by atoms with van der Waals surface area (Å²) in [5.41, 5.74) is 2.29. The van der Waals surface area contributed by atoms with Crippen LogP contribution < -0.4 is 5.32 Å². The summed E-state index contributed by atoms with van der Waals surface area (Å²) in [4.78, 5) is 16.7. The number of carbonyl (C=O) groups is 1. The zero-order valence-electron chi connectivity index (χ0n) is 13.2. The van der Waals surface area contributed by atoms with E-state index in [9.17, 15) is 4.79 Å². The molecule has 126 valence electrons. The summed E-state index contributed by atoms with van der Waals surface area (Å²) in [5, 5.41) is 17.6. The van der Waals surface area contributed by atoms with Crippen LogP contribution in [-0.4, -0.2) is 16.0 Å². The molecule has 1 amide bonds. The Labute approximate surface area is 151 Å². The number of carbonyl (C=O) groups excluding carboxylic acids is 1. The van der Waals surface area contributed by atoms with Crippen LogP contribution in [-0.2, 0) is 0 Å². The topological polar surface area (TPSA) is 105 Å². The lowest BCUT2D eigenvalue weighted by Crippen LogP contribution is -2.11. The van der Waals surface area contributed by atoms with Crippen LogP contribution in [0.4, 0.5) is 5.13 Å². The lowest BCUT2D eigenvalue weighted by atomic mass is 10.1. The Kier molecular flexibility index (Phi) is 4.05. The fourth-order valence-electron chi connectivity index (χ4n) is 2.26. The lowest BCUT2D eigenvalue weighted by molar-refractivity contribution is 0.101. The summed E-state index contributed by atoms with van der Waals surface area (Å²) in [7, 11) is 0. The molecule has 8 heteroatoms. The van der Waals surface area contributed by atoms with Crippen LogP contribution in [0.1, 0.15) is 16.1 Å². The lowest BCUT2D eigenvalue weighted by Gasteiger charge is -1.98. The van der Waals surface area contributed by atoms with Gasteiger partial charge in [0.25, 0.3) is 5.91 Å². The van der Waals surface area contributed by atoms with Crippen molar-refractivity contribution in [1.82, 2.24) is 10.1 Å². The predicted molar refractivity (Wildman–Crippen MR) is 94.4 cm³/mol. The molecule has 0 aliphatic rings. The number of anilines is 1. The minimum Gasteiger partial charge on any atom is -0.461 e. The van der Waals surface area contributed by atoms with E-state index < -0.39 is 5.91 Å². The molecule has 1 aromatic carbocycles. The van der Waals surface area contributed by atoms with Gasteiger partial charge in [-0.3, -0.25) is 10.1 Å². The average Bonchev–Trinajstić information content (AvgIpc) is 3.41. The minimum absolute atomic E-state index is 0.131. The number of aromatic nitrogens is 2. The summed E-state index contributed by atoms with van der Waals surface area (Å²) in [6, 6.07) is 14.1. The second kappa shape index (κ2) is 6.66. The van der Waals surface area contributed by atoms with Crippen LogP contribution in [0.15, 0.2) is 63.0 Å². The Balaban J connectivity index is 1.48. The molecule has 0 saturated heterocycles. The van der Waals surface area contributed by atoms with Crippen molar-refractivity contribution in [3.05, 3.63) is 65.4 Å². The number of nitriles is 1. The van der Waals surface area contributed by atoms with E-state index in [1.54, 1.807) is 24.3 Å². The molecular formula is C18H10N4O3S. The number of hydrogen-bond acceptors (Lipinski definition) is 7. The Morgan fingerprint density at radius 1 is 1.19 bits per heavy atom. The van der Waals surface area contributed by atoms with E-state index in [1.807, 2.05) is 17.5 Å². The van der Waals surface area contributed by atoms with Gasteiger partial charge in [-0.25, -0.2) is 4.98 Å². The number of hydrogen-bond donors (Lipinski definition) is 1. The molecule has 0 saturated carbocycles. The van der Waals surface area contributed by atoms with E-state index in [2.05, 4.69) is 21.5 Å². The van der Waals surface area contributed by atoms with E-state index in [0.717, 1.165) is 5.56 Å². The van der Waals surface area contributed by atoms with E-state index in [4.69, 9.17) is 14.2 Å². The highest BCUT2D eigenvalue weighted by Crippen LogP contribution is 2.26. The van der Waals surface area contributed by atoms with Gasteiger partial charge in [-0.05, 0) is 24.3 Å². The van der Waals surface area contributed by atoms with Gasteiger partial charge in [-0.15, -0.1) is 11.3 Å². The van der Waals surface area contributed by atoms with E-state index in [-0.39, 0.29) is 5.69 Å². The summed E-state index contributed by atoms with van der Waals surface area (Å²) in [6.07, 6.45) is 1.51. The monoisotopic (exact) mass is 362 g/mol. The Bertz CT molecular complexity index is 1090. The van der Waals surface area contributed by atoms with E-state index in [0.29, 0.717) is 27.9 Å². The molecule has 0 unspecified atom stereocenters. The fourth-order valence-corrected chi connectivity index (χ4v) is 2.97. The molecule has 0 spiro atoms. The quantitative estimate of drug-likeness (QED) is 0.584. The largest absolute Gasteiger partial charge is 0.461 e. The molecule has 0 bridgehead atoms. The van der Waals surface area contributed by atoms with Crippen molar-refractivity contribution in [2.45, 2.75) is 0 Å². The minimum atomic E-state index is -0.424. The molecule has 0 radical (unpaired) electrons. The highest BCUT2D eigenvalue weighted by molar-refractivity contribution is 7.14. The van der Waals surface area contributed by atoms with Gasteiger partial charge >= 0.3 is 0 Å². The molecule has 0 fully saturated rings. The first-order valence-electron chi connectivity index (χ1n) is 7.51. The van der Waals surface area contributed by atoms with Crippen LogP contribution in [0.25, 0.3) is 22.8 Å². The smallest absolute Gasteiger partial charge is 0.279 e. The maximum atomic E-state index is 12.3. The van der Waals surface area contributed by atoms with Crippen LogP contribution in [0.2, 0.25) is 0 Å². The van der Waals surface area contributed by atoms with Crippen LogP contribution in [0.3, 0.4) is 0 Å². The number of amides is 1. The maximum absolute atomic E-state index is 12.3. The third kappa shape index (κ3) is 3.11. The van der Waals surface area contributed by atoms with Crippen molar-refractivity contribution in [1.29, 1.82) is 5.26 Å². The molecule has 0 aliphatic carbocycles. The Morgan fingerprint density at radius 3 is 2.77 bits per heavy atom. The first kappa shape index (κ1) is 15.8. The highest BCUT2D eigenvalue weighted by atomic mass is 32.1. The van der Waals surface area contributed by atoms with Crippen LogP contribution >= 0.6 is 11.3 Å².